The molecule has 0 bridgehead atoms. The third-order valence-corrected chi connectivity index (χ3v) is 3.53. The van der Waals surface area contributed by atoms with E-state index in [4.69, 9.17) is 4.74 Å². The molecule has 0 aliphatic carbocycles. The first-order valence-corrected chi connectivity index (χ1v) is 6.71. The summed E-state index contributed by atoms with van der Waals surface area (Å²) in [4.78, 5) is 0. The summed E-state index contributed by atoms with van der Waals surface area (Å²) in [6.07, 6.45) is 0.709. The third kappa shape index (κ3) is 4.25. The number of nitrogens with one attached hydrogen (secondary N) is 1. The summed E-state index contributed by atoms with van der Waals surface area (Å²) >= 11 is 0. The number of halogens is 2. The van der Waals surface area contributed by atoms with Crippen molar-refractivity contribution in [3.8, 4) is 0 Å². The van der Waals surface area contributed by atoms with E-state index in [1.54, 1.807) is 13.0 Å². The van der Waals surface area contributed by atoms with Crippen molar-refractivity contribution in [3.05, 3.63) is 35.1 Å². The molecule has 0 radical (unpaired) electrons. The summed E-state index contributed by atoms with van der Waals surface area (Å²) in [6.45, 7) is 5.44. The van der Waals surface area contributed by atoms with Crippen LogP contribution in [-0.4, -0.2) is 31.5 Å². The van der Waals surface area contributed by atoms with Crippen LogP contribution in [0.15, 0.2) is 18.2 Å². The molecule has 2 atom stereocenters. The lowest BCUT2D eigenvalue weighted by Gasteiger charge is -2.30. The molecular weight excluding hydrogens is 248 g/mol. The number of alkyl halides is 1. The van der Waals surface area contributed by atoms with Gasteiger partial charge in [0.2, 0.25) is 0 Å². The molecule has 0 aromatic heterocycles. The van der Waals surface area contributed by atoms with E-state index in [-0.39, 0.29) is 11.9 Å². The molecule has 4 heteroatoms. The van der Waals surface area contributed by atoms with Gasteiger partial charge in [0.05, 0.1) is 13.2 Å². The molecule has 2 nitrogen and oxygen atoms in total. The first-order valence-electron chi connectivity index (χ1n) is 6.71. The molecule has 1 aromatic rings. The Morgan fingerprint density at radius 3 is 2.89 bits per heavy atom. The van der Waals surface area contributed by atoms with E-state index in [1.165, 1.54) is 12.1 Å². The normalized spacial score (nSPS) is 23.1. The second kappa shape index (κ2) is 5.97. The topological polar surface area (TPSA) is 21.3 Å². The fourth-order valence-corrected chi connectivity index (χ4v) is 2.59. The molecular formula is C15H21F2NO. The van der Waals surface area contributed by atoms with E-state index < -0.39 is 5.67 Å². The minimum Gasteiger partial charge on any atom is -0.379 e. The number of ether oxygens (including phenoxy) is 1. The van der Waals surface area contributed by atoms with Gasteiger partial charge in [-0.2, -0.15) is 0 Å². The molecule has 1 N–H and O–H groups in total. The van der Waals surface area contributed by atoms with E-state index in [0.717, 1.165) is 17.7 Å². The highest BCUT2D eigenvalue weighted by Crippen LogP contribution is 2.26. The molecule has 106 valence electrons. The summed E-state index contributed by atoms with van der Waals surface area (Å²) in [5.74, 6) is -0.274. The summed E-state index contributed by atoms with van der Waals surface area (Å²) in [7, 11) is 0. The Hall–Kier alpha value is -1.00. The van der Waals surface area contributed by atoms with Gasteiger partial charge < -0.3 is 10.1 Å². The van der Waals surface area contributed by atoms with Crippen LogP contribution in [0.2, 0.25) is 0 Å². The molecule has 1 fully saturated rings. The van der Waals surface area contributed by atoms with Crippen molar-refractivity contribution in [2.24, 2.45) is 0 Å². The molecule has 1 aliphatic rings. The number of hydrogen-bond donors (Lipinski definition) is 1. The summed E-state index contributed by atoms with van der Waals surface area (Å²) in [5, 5.41) is 3.26. The number of morpholine rings is 1. The molecule has 1 saturated heterocycles. The summed E-state index contributed by atoms with van der Waals surface area (Å²) < 4.78 is 33.0. The lowest BCUT2D eigenvalue weighted by molar-refractivity contribution is 0.0483. The van der Waals surface area contributed by atoms with Crippen LogP contribution in [0.3, 0.4) is 0 Å². The summed E-state index contributed by atoms with van der Waals surface area (Å²) in [5.41, 5.74) is 0.348. The molecule has 1 aliphatic heterocycles. The van der Waals surface area contributed by atoms with Gasteiger partial charge in [0, 0.05) is 19.0 Å². The largest absolute Gasteiger partial charge is 0.379 e. The van der Waals surface area contributed by atoms with Gasteiger partial charge in [-0.25, -0.2) is 8.78 Å². The maximum Gasteiger partial charge on any atom is 0.123 e. The highest BCUT2D eigenvalue weighted by atomic mass is 19.1. The van der Waals surface area contributed by atoms with Crippen LogP contribution in [-0.2, 0) is 11.2 Å². The van der Waals surface area contributed by atoms with Gasteiger partial charge >= 0.3 is 0 Å². The predicted octanol–water partition coefficient (Wildman–Crippen LogP) is 2.78. The monoisotopic (exact) mass is 269 g/mol. The maximum absolute atomic E-state index is 14.7. The highest BCUT2D eigenvalue weighted by molar-refractivity contribution is 5.28. The third-order valence-electron chi connectivity index (χ3n) is 3.53. The minimum absolute atomic E-state index is 0.0597. The predicted molar refractivity (Wildman–Crippen MR) is 71.6 cm³/mol. The zero-order valence-corrected chi connectivity index (χ0v) is 11.5. The van der Waals surface area contributed by atoms with Crippen molar-refractivity contribution in [2.45, 2.75) is 38.4 Å². The van der Waals surface area contributed by atoms with Crippen molar-refractivity contribution in [3.63, 3.8) is 0 Å². The van der Waals surface area contributed by atoms with Crippen LogP contribution in [0.25, 0.3) is 0 Å². The average molecular weight is 269 g/mol. The SMILES string of the molecule is Cc1cc(F)ccc1CC(C)(F)CC1COCCN1. The van der Waals surface area contributed by atoms with Crippen molar-refractivity contribution in [1.29, 1.82) is 0 Å². The molecule has 2 rings (SSSR count). The molecule has 1 aromatic carbocycles. The fraction of sp³-hybridized carbons (Fsp3) is 0.600. The lowest BCUT2D eigenvalue weighted by Crippen LogP contribution is -2.45. The smallest absolute Gasteiger partial charge is 0.123 e. The molecule has 0 spiro atoms. The Balaban J connectivity index is 1.99. The first kappa shape index (κ1) is 14.4. The van der Waals surface area contributed by atoms with Gasteiger partial charge in [0.1, 0.15) is 11.5 Å². The minimum atomic E-state index is -1.32. The van der Waals surface area contributed by atoms with Crippen LogP contribution in [0.5, 0.6) is 0 Å². The Morgan fingerprint density at radius 1 is 1.47 bits per heavy atom. The van der Waals surface area contributed by atoms with Crippen LogP contribution < -0.4 is 5.32 Å². The van der Waals surface area contributed by atoms with Gasteiger partial charge in [-0.05, 0) is 43.5 Å². The Labute approximate surface area is 113 Å². The molecule has 1 heterocycles. The average Bonchev–Trinajstić information content (AvgIpc) is 2.33. The second-order valence-corrected chi connectivity index (χ2v) is 5.59. The molecule has 0 saturated carbocycles. The fourth-order valence-electron chi connectivity index (χ4n) is 2.59. The molecule has 0 amide bonds. The van der Waals surface area contributed by atoms with Gasteiger partial charge in [-0.3, -0.25) is 0 Å². The van der Waals surface area contributed by atoms with E-state index >= 15 is 0 Å². The van der Waals surface area contributed by atoms with Gasteiger partial charge in [0.25, 0.3) is 0 Å². The maximum atomic E-state index is 14.7. The Kier molecular flexibility index (Phi) is 4.53. The zero-order valence-electron chi connectivity index (χ0n) is 11.5. The van der Waals surface area contributed by atoms with Crippen LogP contribution in [0.4, 0.5) is 8.78 Å². The van der Waals surface area contributed by atoms with Crippen molar-refractivity contribution >= 4 is 0 Å². The van der Waals surface area contributed by atoms with Crippen molar-refractivity contribution in [2.75, 3.05) is 19.8 Å². The highest BCUT2D eigenvalue weighted by Gasteiger charge is 2.29. The van der Waals surface area contributed by atoms with Crippen LogP contribution >= 0.6 is 0 Å². The van der Waals surface area contributed by atoms with Crippen molar-refractivity contribution in [1.82, 2.24) is 5.32 Å². The van der Waals surface area contributed by atoms with Gasteiger partial charge in [-0.1, -0.05) is 6.07 Å². The van der Waals surface area contributed by atoms with E-state index in [1.807, 2.05) is 6.92 Å². The molecule has 19 heavy (non-hydrogen) atoms. The van der Waals surface area contributed by atoms with Crippen LogP contribution in [0.1, 0.15) is 24.5 Å². The van der Waals surface area contributed by atoms with Gasteiger partial charge in [-0.15, -0.1) is 0 Å². The Bertz CT molecular complexity index is 428. The van der Waals surface area contributed by atoms with Crippen LogP contribution in [0, 0.1) is 12.7 Å². The lowest BCUT2D eigenvalue weighted by atomic mass is 9.89. The number of hydrogen-bond acceptors (Lipinski definition) is 2. The number of rotatable bonds is 4. The number of aryl methyl sites for hydroxylation is 1. The van der Waals surface area contributed by atoms with E-state index in [2.05, 4.69) is 5.32 Å². The van der Waals surface area contributed by atoms with Crippen molar-refractivity contribution < 1.29 is 13.5 Å². The Morgan fingerprint density at radius 2 is 2.26 bits per heavy atom. The quantitative estimate of drug-likeness (QED) is 0.907. The second-order valence-electron chi connectivity index (χ2n) is 5.59. The first-order chi connectivity index (χ1) is 8.96. The summed E-state index contributed by atoms with van der Waals surface area (Å²) in [6, 6.07) is 4.57. The number of benzene rings is 1. The zero-order chi connectivity index (χ0) is 13.9. The van der Waals surface area contributed by atoms with E-state index in [9.17, 15) is 8.78 Å². The standard InChI is InChI=1S/C15H21F2NO/c1-11-7-13(16)4-3-12(11)8-15(2,17)9-14-10-19-6-5-18-14/h3-4,7,14,18H,5-6,8-10H2,1-2H3. The van der Waals surface area contributed by atoms with Gasteiger partial charge in [0.15, 0.2) is 0 Å². The van der Waals surface area contributed by atoms with E-state index in [0.29, 0.717) is 26.1 Å². The molecule has 2 unspecified atom stereocenters.